The zero-order valence-electron chi connectivity index (χ0n) is 10.1. The summed E-state index contributed by atoms with van der Waals surface area (Å²) in [7, 11) is 0. The Balaban J connectivity index is 3.72. The fraction of sp³-hybridized carbons (Fsp3) is 0.846. The van der Waals surface area contributed by atoms with E-state index < -0.39 is 0 Å². The monoisotopic (exact) mass is 214 g/mol. The van der Waals surface area contributed by atoms with Crippen LogP contribution in [0.2, 0.25) is 0 Å². The summed E-state index contributed by atoms with van der Waals surface area (Å²) in [4.78, 5) is 1.64. The molecule has 0 saturated carbocycles. The van der Waals surface area contributed by atoms with E-state index in [2.05, 4.69) is 38.6 Å². The Labute approximate surface area is 94.6 Å². The van der Waals surface area contributed by atoms with Gasteiger partial charge in [0, 0.05) is 0 Å². The highest BCUT2D eigenvalue weighted by Gasteiger charge is 1.97. The van der Waals surface area contributed by atoms with Crippen LogP contribution in [0.15, 0.2) is 11.0 Å². The van der Waals surface area contributed by atoms with Gasteiger partial charge in [0.05, 0.1) is 0 Å². The van der Waals surface area contributed by atoms with Crippen molar-refractivity contribution in [2.75, 3.05) is 5.75 Å². The summed E-state index contributed by atoms with van der Waals surface area (Å²) in [5, 5.41) is 0. The van der Waals surface area contributed by atoms with Crippen LogP contribution < -0.4 is 0 Å². The molecule has 0 nitrogen and oxygen atoms in total. The van der Waals surface area contributed by atoms with Crippen molar-refractivity contribution in [2.24, 2.45) is 0 Å². The molecule has 0 N–H and O–H groups in total. The van der Waals surface area contributed by atoms with E-state index in [1.807, 2.05) is 0 Å². The minimum Gasteiger partial charge on any atom is -0.131 e. The van der Waals surface area contributed by atoms with Crippen molar-refractivity contribution < 1.29 is 0 Å². The van der Waals surface area contributed by atoms with Crippen LogP contribution in [-0.4, -0.2) is 5.75 Å². The van der Waals surface area contributed by atoms with Crippen molar-refractivity contribution in [3.63, 3.8) is 0 Å². The third-order valence-electron chi connectivity index (χ3n) is 2.22. The average Bonchev–Trinajstić information content (AvgIpc) is 2.21. The van der Waals surface area contributed by atoms with E-state index >= 15 is 0 Å². The SMILES string of the molecule is CCC/C=C(/CCCC)SCCCC. The topological polar surface area (TPSA) is 0 Å². The zero-order chi connectivity index (χ0) is 10.6. The molecule has 0 spiro atoms. The molecule has 0 aromatic rings. The minimum atomic E-state index is 1.26. The molecule has 0 aliphatic carbocycles. The molecule has 0 amide bonds. The van der Waals surface area contributed by atoms with Gasteiger partial charge < -0.3 is 0 Å². The Morgan fingerprint density at radius 2 is 1.71 bits per heavy atom. The van der Waals surface area contributed by atoms with Crippen LogP contribution in [0.25, 0.3) is 0 Å². The summed E-state index contributed by atoms with van der Waals surface area (Å²) in [6.45, 7) is 6.79. The molecule has 0 atom stereocenters. The van der Waals surface area contributed by atoms with E-state index in [0.717, 1.165) is 0 Å². The molecule has 14 heavy (non-hydrogen) atoms. The molecule has 0 heterocycles. The quantitative estimate of drug-likeness (QED) is 0.463. The number of rotatable bonds is 9. The molecule has 0 aliphatic heterocycles. The minimum absolute atomic E-state index is 1.26. The van der Waals surface area contributed by atoms with E-state index in [9.17, 15) is 0 Å². The normalized spacial score (nSPS) is 12.1. The molecule has 0 saturated heterocycles. The van der Waals surface area contributed by atoms with Crippen LogP contribution in [0.3, 0.4) is 0 Å². The average molecular weight is 214 g/mol. The van der Waals surface area contributed by atoms with Gasteiger partial charge in [-0.2, -0.15) is 0 Å². The molecule has 0 rings (SSSR count). The lowest BCUT2D eigenvalue weighted by Gasteiger charge is -2.06. The largest absolute Gasteiger partial charge is 0.131 e. The van der Waals surface area contributed by atoms with Crippen LogP contribution in [-0.2, 0) is 0 Å². The molecular weight excluding hydrogens is 188 g/mol. The van der Waals surface area contributed by atoms with Gasteiger partial charge in [0.15, 0.2) is 0 Å². The summed E-state index contributed by atoms with van der Waals surface area (Å²) < 4.78 is 0. The Morgan fingerprint density at radius 1 is 1.00 bits per heavy atom. The lowest BCUT2D eigenvalue weighted by molar-refractivity contribution is 0.802. The first-order chi connectivity index (χ1) is 6.85. The fourth-order valence-corrected chi connectivity index (χ4v) is 2.46. The second kappa shape index (κ2) is 11.2. The Morgan fingerprint density at radius 3 is 2.29 bits per heavy atom. The fourth-order valence-electron chi connectivity index (χ4n) is 1.24. The third kappa shape index (κ3) is 8.68. The highest BCUT2D eigenvalue weighted by Crippen LogP contribution is 2.23. The molecule has 0 aromatic heterocycles. The van der Waals surface area contributed by atoms with Gasteiger partial charge in [-0.25, -0.2) is 0 Å². The lowest BCUT2D eigenvalue weighted by Crippen LogP contribution is -1.83. The summed E-state index contributed by atoms with van der Waals surface area (Å²) in [5.74, 6) is 1.32. The zero-order valence-corrected chi connectivity index (χ0v) is 11.0. The van der Waals surface area contributed by atoms with Crippen LogP contribution in [0, 0.1) is 0 Å². The van der Waals surface area contributed by atoms with E-state index in [0.29, 0.717) is 0 Å². The number of thioether (sulfide) groups is 1. The van der Waals surface area contributed by atoms with Crippen molar-refractivity contribution >= 4 is 11.8 Å². The highest BCUT2D eigenvalue weighted by atomic mass is 32.2. The predicted octanol–water partition coefficient (Wildman–Crippen LogP) is 5.39. The second-order valence-electron chi connectivity index (χ2n) is 3.76. The van der Waals surface area contributed by atoms with Crippen molar-refractivity contribution in [3.8, 4) is 0 Å². The number of hydrogen-bond acceptors (Lipinski definition) is 1. The van der Waals surface area contributed by atoms with E-state index in [-0.39, 0.29) is 0 Å². The molecule has 0 unspecified atom stereocenters. The molecule has 84 valence electrons. The van der Waals surface area contributed by atoms with Gasteiger partial charge in [-0.3, -0.25) is 0 Å². The van der Waals surface area contributed by atoms with Crippen LogP contribution >= 0.6 is 11.8 Å². The maximum absolute atomic E-state index is 2.45. The first kappa shape index (κ1) is 14.1. The lowest BCUT2D eigenvalue weighted by atomic mass is 10.2. The molecule has 0 radical (unpaired) electrons. The maximum atomic E-state index is 2.45. The Hall–Kier alpha value is 0.0900. The van der Waals surface area contributed by atoms with Crippen molar-refractivity contribution in [1.29, 1.82) is 0 Å². The molecule has 0 fully saturated rings. The smallest absolute Gasteiger partial charge is 0.00235 e. The number of unbranched alkanes of at least 4 members (excludes halogenated alkanes) is 3. The summed E-state index contributed by atoms with van der Waals surface area (Å²) in [6.07, 6.45) is 11.7. The first-order valence-electron chi connectivity index (χ1n) is 6.16. The molecular formula is C13H26S. The number of allylic oxidation sites excluding steroid dienone is 2. The van der Waals surface area contributed by atoms with Gasteiger partial charge in [-0.05, 0) is 36.3 Å². The van der Waals surface area contributed by atoms with Gasteiger partial charge in [0.2, 0.25) is 0 Å². The van der Waals surface area contributed by atoms with Gasteiger partial charge in [0.1, 0.15) is 0 Å². The Bertz CT molecular complexity index is 138. The van der Waals surface area contributed by atoms with Gasteiger partial charge >= 0.3 is 0 Å². The van der Waals surface area contributed by atoms with Crippen molar-refractivity contribution in [3.05, 3.63) is 11.0 Å². The summed E-state index contributed by atoms with van der Waals surface area (Å²) >= 11 is 2.09. The number of hydrogen-bond donors (Lipinski definition) is 0. The summed E-state index contributed by atoms with van der Waals surface area (Å²) in [5.41, 5.74) is 0. The van der Waals surface area contributed by atoms with Crippen LogP contribution in [0.4, 0.5) is 0 Å². The van der Waals surface area contributed by atoms with Crippen LogP contribution in [0.1, 0.15) is 65.7 Å². The molecule has 0 aliphatic rings. The predicted molar refractivity (Wildman–Crippen MR) is 69.9 cm³/mol. The summed E-state index contributed by atoms with van der Waals surface area (Å²) in [6, 6.07) is 0. The highest BCUT2D eigenvalue weighted by molar-refractivity contribution is 8.03. The standard InChI is InChI=1S/C13H26S/c1-4-7-10-13(11-8-5-2)14-12-9-6-3/h10H,4-9,11-12H2,1-3H3/b13-10-. The second-order valence-corrected chi connectivity index (χ2v) is 4.99. The van der Waals surface area contributed by atoms with Gasteiger partial charge in [-0.15, -0.1) is 11.8 Å². The van der Waals surface area contributed by atoms with Gasteiger partial charge in [-0.1, -0.05) is 46.1 Å². The molecule has 0 aromatic carbocycles. The molecule has 1 heteroatoms. The van der Waals surface area contributed by atoms with Crippen LogP contribution in [0.5, 0.6) is 0 Å². The Kier molecular flexibility index (Phi) is 11.2. The van der Waals surface area contributed by atoms with E-state index in [1.165, 1.54) is 50.7 Å². The maximum Gasteiger partial charge on any atom is -0.00235 e. The van der Waals surface area contributed by atoms with E-state index in [1.54, 1.807) is 4.91 Å². The third-order valence-corrected chi connectivity index (χ3v) is 3.46. The van der Waals surface area contributed by atoms with E-state index in [4.69, 9.17) is 0 Å². The van der Waals surface area contributed by atoms with Crippen molar-refractivity contribution in [1.82, 2.24) is 0 Å². The van der Waals surface area contributed by atoms with Crippen molar-refractivity contribution in [2.45, 2.75) is 65.7 Å². The van der Waals surface area contributed by atoms with Gasteiger partial charge in [0.25, 0.3) is 0 Å². The molecule has 0 bridgehead atoms. The first-order valence-corrected chi connectivity index (χ1v) is 7.15.